The van der Waals surface area contributed by atoms with Crippen LogP contribution in [0.5, 0.6) is 0 Å². The minimum atomic E-state index is -2.62. The molecule has 1 aromatic heterocycles. The lowest BCUT2D eigenvalue weighted by atomic mass is 10.1. The van der Waals surface area contributed by atoms with Crippen molar-refractivity contribution in [2.75, 3.05) is 4.31 Å². The summed E-state index contributed by atoms with van der Waals surface area (Å²) in [7, 11) is 1.79. The van der Waals surface area contributed by atoms with Gasteiger partial charge in [-0.2, -0.15) is 10.4 Å². The number of nitrogens with one attached hydrogen (secondary N) is 1. The van der Waals surface area contributed by atoms with Crippen LogP contribution in [0.1, 0.15) is 27.0 Å². The van der Waals surface area contributed by atoms with Crippen LogP contribution >= 0.6 is 0 Å². The first-order valence-corrected chi connectivity index (χ1v) is 9.68. The summed E-state index contributed by atoms with van der Waals surface area (Å²) in [5.41, 5.74) is 3.02. The molecule has 0 bridgehead atoms. The Morgan fingerprint density at radius 3 is 2.62 bits per heavy atom. The number of carbonyl (C=O) groups excluding carboxylic acids is 1. The first-order chi connectivity index (χ1) is 13.9. The van der Waals surface area contributed by atoms with Gasteiger partial charge in [0.1, 0.15) is 0 Å². The highest BCUT2D eigenvalue weighted by atomic mass is 32.2. The van der Waals surface area contributed by atoms with E-state index in [9.17, 15) is 13.6 Å². The number of nitrogens with zero attached hydrogens (tertiary/aromatic N) is 4. The first kappa shape index (κ1) is 20.3. The van der Waals surface area contributed by atoms with E-state index in [0.29, 0.717) is 34.6 Å². The maximum absolute atomic E-state index is 12.6. The van der Waals surface area contributed by atoms with Crippen molar-refractivity contribution in [3.05, 3.63) is 77.1 Å². The van der Waals surface area contributed by atoms with Crippen LogP contribution in [0.4, 0.5) is 11.4 Å². The Hall–Kier alpha value is -3.48. The summed E-state index contributed by atoms with van der Waals surface area (Å²) in [5, 5.41) is 15.8. The van der Waals surface area contributed by atoms with E-state index in [1.165, 1.54) is 18.2 Å². The topological polar surface area (TPSA) is 114 Å². The monoisotopic (exact) mass is 408 g/mol. The van der Waals surface area contributed by atoms with Crippen LogP contribution in [0.2, 0.25) is 0 Å². The van der Waals surface area contributed by atoms with Gasteiger partial charge in [0, 0.05) is 30.9 Å². The van der Waals surface area contributed by atoms with Gasteiger partial charge in [-0.25, -0.2) is 0 Å². The fourth-order valence-electron chi connectivity index (χ4n) is 2.79. The van der Waals surface area contributed by atoms with E-state index in [1.54, 1.807) is 55.3 Å². The van der Waals surface area contributed by atoms with Crippen molar-refractivity contribution >= 4 is 28.5 Å². The molecule has 2 aromatic carbocycles. The summed E-state index contributed by atoms with van der Waals surface area (Å²) in [6.07, 6.45) is 3.46. The summed E-state index contributed by atoms with van der Waals surface area (Å²) in [6, 6.07) is 13.0. The average Bonchev–Trinajstić information content (AvgIpc) is 3.13. The van der Waals surface area contributed by atoms with Crippen LogP contribution < -0.4 is 9.62 Å². The third kappa shape index (κ3) is 4.68. The largest absolute Gasteiger partial charge is 0.755 e. The molecule has 0 saturated carbocycles. The molecule has 1 atom stereocenters. The van der Waals surface area contributed by atoms with E-state index >= 15 is 0 Å². The zero-order valence-electron chi connectivity index (χ0n) is 15.8. The van der Waals surface area contributed by atoms with Crippen molar-refractivity contribution in [2.24, 2.45) is 7.05 Å². The molecule has 1 N–H and O–H groups in total. The van der Waals surface area contributed by atoms with Crippen LogP contribution in [0.3, 0.4) is 0 Å². The van der Waals surface area contributed by atoms with Gasteiger partial charge in [-0.1, -0.05) is 6.07 Å². The van der Waals surface area contributed by atoms with Crippen molar-refractivity contribution in [3.8, 4) is 6.07 Å². The van der Waals surface area contributed by atoms with Gasteiger partial charge in [0.05, 0.1) is 40.5 Å². The highest BCUT2D eigenvalue weighted by Crippen LogP contribution is 2.30. The van der Waals surface area contributed by atoms with Gasteiger partial charge < -0.3 is 9.87 Å². The number of benzene rings is 2. The normalized spacial score (nSPS) is 11.5. The molecule has 1 heterocycles. The number of hydrogen-bond donors (Lipinski definition) is 1. The fraction of sp³-hybridized carbons (Fsp3) is 0.150. The van der Waals surface area contributed by atoms with E-state index in [1.807, 2.05) is 6.07 Å². The summed E-state index contributed by atoms with van der Waals surface area (Å²) in [6.45, 7) is 2.07. The van der Waals surface area contributed by atoms with Crippen molar-refractivity contribution < 1.29 is 13.6 Å². The molecule has 29 heavy (non-hydrogen) atoms. The maximum Gasteiger partial charge on any atom is 0.251 e. The predicted octanol–water partition coefficient (Wildman–Crippen LogP) is 2.46. The Morgan fingerprint density at radius 2 is 2.03 bits per heavy atom. The quantitative estimate of drug-likeness (QED) is 0.629. The zero-order valence-corrected chi connectivity index (χ0v) is 16.6. The molecule has 0 aliphatic carbocycles. The van der Waals surface area contributed by atoms with E-state index in [0.717, 1.165) is 9.87 Å². The van der Waals surface area contributed by atoms with E-state index in [4.69, 9.17) is 5.26 Å². The fourth-order valence-corrected chi connectivity index (χ4v) is 3.44. The Kier molecular flexibility index (Phi) is 6.07. The zero-order chi connectivity index (χ0) is 21.0. The molecular weight excluding hydrogens is 390 g/mol. The van der Waals surface area contributed by atoms with Crippen molar-refractivity contribution in [3.63, 3.8) is 0 Å². The SMILES string of the molecule is Cc1ccc(C(=O)NCc2cnn(C)c2)cc1N(c1ccc(C#N)cc1)S(=O)[O-]. The number of anilines is 2. The number of nitriles is 1. The Balaban J connectivity index is 1.88. The van der Waals surface area contributed by atoms with Gasteiger partial charge in [-0.3, -0.25) is 18.0 Å². The number of carbonyl (C=O) groups is 1. The molecule has 0 radical (unpaired) electrons. The molecule has 0 fully saturated rings. The molecule has 1 unspecified atom stereocenters. The summed E-state index contributed by atoms with van der Waals surface area (Å²) >= 11 is -2.62. The molecule has 0 saturated heterocycles. The molecule has 0 aliphatic heterocycles. The van der Waals surface area contributed by atoms with Crippen molar-refractivity contribution in [1.29, 1.82) is 5.26 Å². The lowest BCUT2D eigenvalue weighted by Gasteiger charge is -2.28. The highest BCUT2D eigenvalue weighted by Gasteiger charge is 2.16. The minimum absolute atomic E-state index is 0.308. The highest BCUT2D eigenvalue weighted by molar-refractivity contribution is 7.81. The number of hydrogen-bond acceptors (Lipinski definition) is 5. The van der Waals surface area contributed by atoms with Crippen LogP contribution in [0.15, 0.2) is 54.9 Å². The molecule has 3 aromatic rings. The Morgan fingerprint density at radius 1 is 1.31 bits per heavy atom. The van der Waals surface area contributed by atoms with Crippen LogP contribution in [0, 0.1) is 18.3 Å². The molecule has 3 rings (SSSR count). The molecule has 0 aliphatic rings. The van der Waals surface area contributed by atoms with E-state index in [2.05, 4.69) is 10.4 Å². The maximum atomic E-state index is 12.6. The Bertz CT molecular complexity index is 1100. The van der Waals surface area contributed by atoms with Gasteiger partial charge in [0.25, 0.3) is 5.91 Å². The summed E-state index contributed by atoms with van der Waals surface area (Å²) < 4.78 is 26.6. The second-order valence-electron chi connectivity index (χ2n) is 6.38. The second kappa shape index (κ2) is 8.68. The van der Waals surface area contributed by atoms with Gasteiger partial charge in [-0.15, -0.1) is 0 Å². The smallest absolute Gasteiger partial charge is 0.251 e. The number of amides is 1. The summed E-state index contributed by atoms with van der Waals surface area (Å²) in [5.74, 6) is -0.327. The summed E-state index contributed by atoms with van der Waals surface area (Å²) in [4.78, 5) is 12.6. The minimum Gasteiger partial charge on any atom is -0.755 e. The molecule has 1 amide bonds. The van der Waals surface area contributed by atoms with E-state index < -0.39 is 11.3 Å². The van der Waals surface area contributed by atoms with Crippen molar-refractivity contribution in [1.82, 2.24) is 15.1 Å². The molecule has 8 nitrogen and oxygen atoms in total. The Labute approximate surface area is 170 Å². The van der Waals surface area contributed by atoms with Gasteiger partial charge in [0.15, 0.2) is 0 Å². The number of aryl methyl sites for hydroxylation is 2. The standard InChI is InChI=1S/C20H19N5O3S/c1-14-3-6-17(20(26)22-11-16-12-23-24(2)13-16)9-19(14)25(29(27)28)18-7-4-15(10-21)5-8-18/h3-9,12-13H,11H2,1-2H3,(H,22,26)(H,27,28)/p-1. The average molecular weight is 408 g/mol. The third-order valence-electron chi connectivity index (χ3n) is 4.28. The molecular formula is C20H18N5O3S-. The molecule has 148 valence electrons. The predicted molar refractivity (Wildman–Crippen MR) is 108 cm³/mol. The van der Waals surface area contributed by atoms with E-state index in [-0.39, 0.29) is 5.91 Å². The van der Waals surface area contributed by atoms with Crippen molar-refractivity contribution in [2.45, 2.75) is 13.5 Å². The van der Waals surface area contributed by atoms with Crippen LogP contribution in [0.25, 0.3) is 0 Å². The second-order valence-corrected chi connectivity index (χ2v) is 7.18. The van der Waals surface area contributed by atoms with Gasteiger partial charge in [0.2, 0.25) is 0 Å². The van der Waals surface area contributed by atoms with Gasteiger partial charge in [-0.05, 0) is 48.9 Å². The lowest BCUT2D eigenvalue weighted by molar-refractivity contribution is 0.0951. The molecule has 0 spiro atoms. The molecule has 9 heteroatoms. The first-order valence-electron chi connectivity index (χ1n) is 8.65. The van der Waals surface area contributed by atoms with Crippen LogP contribution in [-0.4, -0.2) is 24.4 Å². The lowest BCUT2D eigenvalue weighted by Crippen LogP contribution is -2.24. The third-order valence-corrected chi connectivity index (χ3v) is 4.99. The van der Waals surface area contributed by atoms with Crippen LogP contribution in [-0.2, 0) is 24.9 Å². The van der Waals surface area contributed by atoms with Gasteiger partial charge >= 0.3 is 0 Å². The number of aromatic nitrogens is 2. The number of rotatable bonds is 6.